The zero-order chi connectivity index (χ0) is 13.6. The lowest BCUT2D eigenvalue weighted by Crippen LogP contribution is -2.37. The van der Waals surface area contributed by atoms with Crippen molar-refractivity contribution < 1.29 is 23.4 Å². The lowest BCUT2D eigenvalue weighted by atomic mass is 10.2. The highest BCUT2D eigenvalue weighted by Crippen LogP contribution is 2.01. The maximum absolute atomic E-state index is 11.5. The van der Waals surface area contributed by atoms with E-state index in [9.17, 15) is 13.2 Å². The Morgan fingerprint density at radius 1 is 1.28 bits per heavy atom. The fraction of sp³-hybridized carbons (Fsp3) is 0.364. The molecule has 0 aliphatic rings. The Morgan fingerprint density at radius 3 is 2.44 bits per heavy atom. The molecule has 0 fully saturated rings. The number of carboxylic acid groups (broad SMARTS) is 1. The molecule has 100 valence electrons. The molecule has 0 radical (unpaired) electrons. The molecule has 6 nitrogen and oxygen atoms in total. The number of nitrogens with one attached hydrogen (secondary N) is 1. The van der Waals surface area contributed by atoms with E-state index >= 15 is 0 Å². The summed E-state index contributed by atoms with van der Waals surface area (Å²) in [6.07, 6.45) is -1.39. The summed E-state index contributed by atoms with van der Waals surface area (Å²) in [5.41, 5.74) is 0.877. The lowest BCUT2D eigenvalue weighted by Gasteiger charge is -2.08. The molecular formula is C11H15NO5S. The van der Waals surface area contributed by atoms with E-state index in [1.54, 1.807) is 0 Å². The van der Waals surface area contributed by atoms with Gasteiger partial charge in [-0.1, -0.05) is 30.3 Å². The normalized spacial score (nSPS) is 13.2. The summed E-state index contributed by atoms with van der Waals surface area (Å²) in [6.45, 7) is -0.521. The van der Waals surface area contributed by atoms with Crippen molar-refractivity contribution in [3.8, 4) is 0 Å². The first-order chi connectivity index (χ1) is 8.41. The van der Waals surface area contributed by atoms with Crippen molar-refractivity contribution >= 4 is 16.0 Å². The first-order valence-corrected chi connectivity index (χ1v) is 6.98. The van der Waals surface area contributed by atoms with Gasteiger partial charge in [0.2, 0.25) is 10.0 Å². The molecule has 0 aromatic heterocycles. The summed E-state index contributed by atoms with van der Waals surface area (Å²) < 4.78 is 25.1. The molecule has 1 atom stereocenters. The minimum absolute atomic E-state index is 0.149. The van der Waals surface area contributed by atoms with Crippen LogP contribution < -0.4 is 4.72 Å². The topological polar surface area (TPSA) is 104 Å². The molecule has 0 aliphatic heterocycles. The van der Waals surface area contributed by atoms with Crippen molar-refractivity contribution in [3.05, 3.63) is 35.9 Å². The van der Waals surface area contributed by atoms with E-state index in [2.05, 4.69) is 4.72 Å². The van der Waals surface area contributed by atoms with Gasteiger partial charge in [0.1, 0.15) is 0 Å². The number of sulfonamides is 1. The highest BCUT2D eigenvalue weighted by Gasteiger charge is 2.17. The van der Waals surface area contributed by atoms with Crippen molar-refractivity contribution in [2.45, 2.75) is 12.5 Å². The van der Waals surface area contributed by atoms with E-state index in [4.69, 9.17) is 10.2 Å². The van der Waals surface area contributed by atoms with Gasteiger partial charge in [0.25, 0.3) is 0 Å². The molecule has 7 heteroatoms. The van der Waals surface area contributed by atoms with Crippen LogP contribution in [0.5, 0.6) is 0 Å². The molecule has 0 unspecified atom stereocenters. The van der Waals surface area contributed by atoms with Crippen LogP contribution in [0.1, 0.15) is 5.56 Å². The monoisotopic (exact) mass is 273 g/mol. The average Bonchev–Trinajstić information content (AvgIpc) is 2.35. The van der Waals surface area contributed by atoms with Gasteiger partial charge >= 0.3 is 5.97 Å². The Bertz CT molecular complexity index is 485. The Hall–Kier alpha value is -1.44. The van der Waals surface area contributed by atoms with E-state index in [0.717, 1.165) is 5.56 Å². The summed E-state index contributed by atoms with van der Waals surface area (Å²) in [4.78, 5) is 10.3. The number of rotatable bonds is 7. The second-order valence-electron chi connectivity index (χ2n) is 3.76. The van der Waals surface area contributed by atoms with Gasteiger partial charge in [-0.05, 0) is 12.0 Å². The summed E-state index contributed by atoms with van der Waals surface area (Å²) in [6, 6.07) is 9.07. The van der Waals surface area contributed by atoms with Gasteiger partial charge in [-0.2, -0.15) is 0 Å². The van der Waals surface area contributed by atoms with Crippen LogP contribution in [0.2, 0.25) is 0 Å². The Morgan fingerprint density at radius 2 is 1.89 bits per heavy atom. The maximum atomic E-state index is 11.5. The molecule has 0 bridgehead atoms. The van der Waals surface area contributed by atoms with Crippen LogP contribution in [0.25, 0.3) is 0 Å². The minimum Gasteiger partial charge on any atom is -0.479 e. The lowest BCUT2D eigenvalue weighted by molar-refractivity contribution is -0.146. The van der Waals surface area contributed by atoms with Gasteiger partial charge in [0, 0.05) is 6.54 Å². The number of hydrogen-bond donors (Lipinski definition) is 3. The fourth-order valence-electron chi connectivity index (χ4n) is 1.26. The van der Waals surface area contributed by atoms with Crippen LogP contribution >= 0.6 is 0 Å². The van der Waals surface area contributed by atoms with Crippen LogP contribution in [-0.2, 0) is 21.2 Å². The maximum Gasteiger partial charge on any atom is 0.333 e. The number of aryl methyl sites for hydroxylation is 1. The molecule has 0 spiro atoms. The standard InChI is InChI=1S/C11H15NO5S/c13-10(11(14)15)8-12-18(16,17)7-6-9-4-2-1-3-5-9/h1-5,10,12-13H,6-8H2,(H,14,15)/t10-/m0/s1. The third-order valence-electron chi connectivity index (χ3n) is 2.28. The summed E-state index contributed by atoms with van der Waals surface area (Å²) in [7, 11) is -3.58. The van der Waals surface area contributed by atoms with Crippen molar-refractivity contribution in [2.24, 2.45) is 0 Å². The summed E-state index contributed by atoms with van der Waals surface area (Å²) in [5.74, 6) is -1.61. The molecule has 0 aliphatic carbocycles. The molecule has 18 heavy (non-hydrogen) atoms. The summed E-state index contributed by atoms with van der Waals surface area (Å²) >= 11 is 0. The van der Waals surface area contributed by atoms with E-state index in [1.165, 1.54) is 0 Å². The van der Waals surface area contributed by atoms with Crippen LogP contribution in [-0.4, -0.2) is 43.0 Å². The number of aliphatic carboxylic acids is 1. The Labute approximate surface area is 105 Å². The van der Waals surface area contributed by atoms with Gasteiger partial charge in [0.15, 0.2) is 6.10 Å². The third-order valence-corrected chi connectivity index (χ3v) is 3.63. The molecule has 0 heterocycles. The Balaban J connectivity index is 2.43. The average molecular weight is 273 g/mol. The largest absolute Gasteiger partial charge is 0.479 e. The van der Waals surface area contributed by atoms with Crippen LogP contribution in [0.15, 0.2) is 30.3 Å². The predicted octanol–water partition coefficient (Wildman–Crippen LogP) is -0.406. The highest BCUT2D eigenvalue weighted by atomic mass is 32.2. The molecule has 0 saturated heterocycles. The first kappa shape index (κ1) is 14.6. The first-order valence-electron chi connectivity index (χ1n) is 5.33. The van der Waals surface area contributed by atoms with E-state index in [1.807, 2.05) is 30.3 Å². The molecular weight excluding hydrogens is 258 g/mol. The smallest absolute Gasteiger partial charge is 0.333 e. The van der Waals surface area contributed by atoms with Crippen molar-refractivity contribution in [1.82, 2.24) is 4.72 Å². The number of aliphatic hydroxyl groups is 1. The SMILES string of the molecule is O=C(O)[C@@H](O)CNS(=O)(=O)CCc1ccccc1. The second kappa shape index (κ2) is 6.48. The summed E-state index contributed by atoms with van der Waals surface area (Å²) in [5, 5.41) is 17.4. The molecule has 1 rings (SSSR count). The third kappa shape index (κ3) is 5.26. The number of carbonyl (C=O) groups is 1. The van der Waals surface area contributed by atoms with Gasteiger partial charge in [-0.3, -0.25) is 0 Å². The van der Waals surface area contributed by atoms with Gasteiger partial charge < -0.3 is 10.2 Å². The molecule has 0 saturated carbocycles. The van der Waals surface area contributed by atoms with Gasteiger partial charge in [0.05, 0.1) is 5.75 Å². The molecule has 3 N–H and O–H groups in total. The number of aliphatic hydroxyl groups excluding tert-OH is 1. The van der Waals surface area contributed by atoms with Crippen molar-refractivity contribution in [1.29, 1.82) is 0 Å². The van der Waals surface area contributed by atoms with Crippen molar-refractivity contribution in [3.63, 3.8) is 0 Å². The van der Waals surface area contributed by atoms with Gasteiger partial charge in [-0.15, -0.1) is 0 Å². The van der Waals surface area contributed by atoms with Crippen LogP contribution in [0.3, 0.4) is 0 Å². The number of benzene rings is 1. The number of hydrogen-bond acceptors (Lipinski definition) is 4. The van der Waals surface area contributed by atoms with Crippen LogP contribution in [0, 0.1) is 0 Å². The molecule has 1 aromatic rings. The predicted molar refractivity (Wildman–Crippen MR) is 65.6 cm³/mol. The van der Waals surface area contributed by atoms with Crippen LogP contribution in [0.4, 0.5) is 0 Å². The zero-order valence-electron chi connectivity index (χ0n) is 9.61. The fourth-order valence-corrected chi connectivity index (χ4v) is 2.32. The highest BCUT2D eigenvalue weighted by molar-refractivity contribution is 7.89. The molecule has 1 aromatic carbocycles. The van der Waals surface area contributed by atoms with E-state index < -0.39 is 28.6 Å². The molecule has 0 amide bonds. The van der Waals surface area contributed by atoms with Crippen molar-refractivity contribution in [2.75, 3.05) is 12.3 Å². The second-order valence-corrected chi connectivity index (χ2v) is 5.68. The zero-order valence-corrected chi connectivity index (χ0v) is 10.4. The minimum atomic E-state index is -3.58. The van der Waals surface area contributed by atoms with Gasteiger partial charge in [-0.25, -0.2) is 17.9 Å². The quantitative estimate of drug-likeness (QED) is 0.627. The Kier molecular flexibility index (Phi) is 5.26. The van der Waals surface area contributed by atoms with E-state index in [0.29, 0.717) is 6.42 Å². The number of carboxylic acids is 1. The van der Waals surface area contributed by atoms with E-state index in [-0.39, 0.29) is 5.75 Å².